The molecule has 0 saturated heterocycles. The standard InChI is InChI=1S/C10H16N4O5/c1-13(2-4-19-5-3-15)9(16)7-14-6-8(10(17)18)11-12-14/h6,15H,2-5,7H2,1H3,(H,17,18). The Kier molecular flexibility index (Phi) is 5.90. The Bertz CT molecular complexity index is 433. The Morgan fingerprint density at radius 1 is 1.47 bits per heavy atom. The van der Waals surface area contributed by atoms with Crippen LogP contribution in [-0.4, -0.2) is 75.4 Å². The lowest BCUT2D eigenvalue weighted by atomic mass is 10.4. The molecule has 0 saturated carbocycles. The molecule has 1 rings (SSSR count). The van der Waals surface area contributed by atoms with Crippen molar-refractivity contribution in [3.05, 3.63) is 11.9 Å². The zero-order valence-electron chi connectivity index (χ0n) is 10.5. The summed E-state index contributed by atoms with van der Waals surface area (Å²) in [7, 11) is 1.60. The van der Waals surface area contributed by atoms with Gasteiger partial charge in [-0.3, -0.25) is 4.79 Å². The molecule has 0 spiro atoms. The molecule has 0 fully saturated rings. The van der Waals surface area contributed by atoms with Crippen molar-refractivity contribution in [1.82, 2.24) is 19.9 Å². The average molecular weight is 272 g/mol. The Balaban J connectivity index is 2.38. The normalized spacial score (nSPS) is 10.4. The van der Waals surface area contributed by atoms with E-state index in [2.05, 4.69) is 10.3 Å². The lowest BCUT2D eigenvalue weighted by Crippen LogP contribution is -2.33. The molecule has 9 heteroatoms. The Morgan fingerprint density at radius 3 is 2.79 bits per heavy atom. The summed E-state index contributed by atoms with van der Waals surface area (Å²) < 4.78 is 6.20. The van der Waals surface area contributed by atoms with Gasteiger partial charge >= 0.3 is 5.97 Å². The van der Waals surface area contributed by atoms with E-state index in [0.717, 1.165) is 4.68 Å². The highest BCUT2D eigenvalue weighted by atomic mass is 16.5. The lowest BCUT2D eigenvalue weighted by molar-refractivity contribution is -0.131. The van der Waals surface area contributed by atoms with E-state index >= 15 is 0 Å². The molecule has 0 unspecified atom stereocenters. The van der Waals surface area contributed by atoms with E-state index < -0.39 is 5.97 Å². The predicted octanol–water partition coefficient (Wildman–Crippen LogP) is -1.56. The van der Waals surface area contributed by atoms with Crippen molar-refractivity contribution in [2.24, 2.45) is 0 Å². The third kappa shape index (κ3) is 5.02. The molecule has 0 atom stereocenters. The summed E-state index contributed by atoms with van der Waals surface area (Å²) in [5.41, 5.74) is -0.207. The van der Waals surface area contributed by atoms with E-state index in [1.165, 1.54) is 11.1 Å². The molecular weight excluding hydrogens is 256 g/mol. The highest BCUT2D eigenvalue weighted by Gasteiger charge is 2.13. The number of carboxylic acids is 1. The number of nitrogens with zero attached hydrogens (tertiary/aromatic N) is 4. The van der Waals surface area contributed by atoms with Crippen molar-refractivity contribution in [2.75, 3.05) is 33.4 Å². The molecule has 0 aliphatic rings. The molecule has 1 aromatic heterocycles. The summed E-state index contributed by atoms with van der Waals surface area (Å²) in [6.07, 6.45) is 1.19. The van der Waals surface area contributed by atoms with E-state index in [-0.39, 0.29) is 31.4 Å². The van der Waals surface area contributed by atoms with Crippen LogP contribution in [0.5, 0.6) is 0 Å². The number of carbonyl (C=O) groups is 2. The highest BCUT2D eigenvalue weighted by Crippen LogP contribution is 1.95. The van der Waals surface area contributed by atoms with E-state index in [9.17, 15) is 9.59 Å². The van der Waals surface area contributed by atoms with E-state index in [0.29, 0.717) is 13.2 Å². The second-order valence-corrected chi connectivity index (χ2v) is 3.76. The molecule has 0 radical (unpaired) electrons. The number of aliphatic hydroxyl groups is 1. The maximum absolute atomic E-state index is 11.7. The minimum atomic E-state index is -1.19. The van der Waals surface area contributed by atoms with Gasteiger partial charge in [-0.15, -0.1) is 5.10 Å². The first-order valence-corrected chi connectivity index (χ1v) is 5.60. The summed E-state index contributed by atoms with van der Waals surface area (Å²) in [5.74, 6) is -1.43. The molecule has 1 heterocycles. The quantitative estimate of drug-likeness (QED) is 0.550. The average Bonchev–Trinajstić information content (AvgIpc) is 2.83. The van der Waals surface area contributed by atoms with E-state index in [1.54, 1.807) is 7.05 Å². The number of hydrogen-bond donors (Lipinski definition) is 2. The zero-order valence-corrected chi connectivity index (χ0v) is 10.5. The van der Waals surface area contributed by atoms with Crippen LogP contribution in [0.4, 0.5) is 0 Å². The smallest absolute Gasteiger partial charge is 0.358 e. The topological polar surface area (TPSA) is 118 Å². The number of carboxylic acid groups (broad SMARTS) is 1. The number of hydrogen-bond acceptors (Lipinski definition) is 6. The van der Waals surface area contributed by atoms with E-state index in [4.69, 9.17) is 14.9 Å². The number of carbonyl (C=O) groups excluding carboxylic acids is 1. The summed E-state index contributed by atoms with van der Waals surface area (Å²) in [4.78, 5) is 23.8. The maximum atomic E-state index is 11.7. The Hall–Kier alpha value is -2.00. The van der Waals surface area contributed by atoms with Crippen molar-refractivity contribution in [3.63, 3.8) is 0 Å². The van der Waals surface area contributed by atoms with Gasteiger partial charge in [-0.25, -0.2) is 9.48 Å². The van der Waals surface area contributed by atoms with Gasteiger partial charge in [-0.2, -0.15) is 0 Å². The number of rotatable bonds is 8. The molecular formula is C10H16N4O5. The van der Waals surface area contributed by atoms with Crippen LogP contribution in [0.1, 0.15) is 10.5 Å². The first-order valence-electron chi connectivity index (χ1n) is 5.60. The predicted molar refractivity (Wildman–Crippen MR) is 62.5 cm³/mol. The molecule has 2 N–H and O–H groups in total. The molecule has 19 heavy (non-hydrogen) atoms. The molecule has 1 aromatic rings. The third-order valence-electron chi connectivity index (χ3n) is 2.29. The van der Waals surface area contributed by atoms with Gasteiger partial charge in [0.1, 0.15) is 6.54 Å². The minimum absolute atomic E-state index is 0.0609. The number of ether oxygens (including phenoxy) is 1. The van der Waals surface area contributed by atoms with Crippen molar-refractivity contribution in [2.45, 2.75) is 6.54 Å². The van der Waals surface area contributed by atoms with Gasteiger partial charge in [0.25, 0.3) is 0 Å². The number of amides is 1. The third-order valence-corrected chi connectivity index (χ3v) is 2.29. The molecule has 0 aliphatic carbocycles. The van der Waals surface area contributed by atoms with Crippen LogP contribution in [-0.2, 0) is 16.1 Å². The Morgan fingerprint density at radius 2 is 2.21 bits per heavy atom. The second-order valence-electron chi connectivity index (χ2n) is 3.76. The van der Waals surface area contributed by atoms with Crippen LogP contribution >= 0.6 is 0 Å². The summed E-state index contributed by atoms with van der Waals surface area (Å²) in [6, 6.07) is 0. The van der Waals surface area contributed by atoms with Crippen molar-refractivity contribution in [3.8, 4) is 0 Å². The molecule has 0 aromatic carbocycles. The molecule has 0 bridgehead atoms. The van der Waals surface area contributed by atoms with Crippen molar-refractivity contribution < 1.29 is 24.5 Å². The first-order chi connectivity index (χ1) is 9.04. The van der Waals surface area contributed by atoms with Gasteiger partial charge < -0.3 is 19.8 Å². The summed E-state index contributed by atoms with van der Waals surface area (Å²) in [5, 5.41) is 24.1. The van der Waals surface area contributed by atoms with Crippen molar-refractivity contribution in [1.29, 1.82) is 0 Å². The van der Waals surface area contributed by atoms with Gasteiger partial charge in [0.05, 0.1) is 26.0 Å². The van der Waals surface area contributed by atoms with Gasteiger partial charge in [-0.05, 0) is 0 Å². The fraction of sp³-hybridized carbons (Fsp3) is 0.600. The second kappa shape index (κ2) is 7.44. The van der Waals surface area contributed by atoms with Crippen LogP contribution in [0.3, 0.4) is 0 Å². The minimum Gasteiger partial charge on any atom is -0.476 e. The fourth-order valence-corrected chi connectivity index (χ4v) is 1.23. The van der Waals surface area contributed by atoms with Crippen LogP contribution in [0.2, 0.25) is 0 Å². The first kappa shape index (κ1) is 15.1. The largest absolute Gasteiger partial charge is 0.476 e. The molecule has 0 aliphatic heterocycles. The monoisotopic (exact) mass is 272 g/mol. The SMILES string of the molecule is CN(CCOCCO)C(=O)Cn1cc(C(=O)O)nn1. The molecule has 9 nitrogen and oxygen atoms in total. The van der Waals surface area contributed by atoms with Crippen LogP contribution < -0.4 is 0 Å². The van der Waals surface area contributed by atoms with Crippen LogP contribution in [0.15, 0.2) is 6.20 Å². The fourth-order valence-electron chi connectivity index (χ4n) is 1.23. The van der Waals surface area contributed by atoms with E-state index in [1.807, 2.05) is 0 Å². The summed E-state index contributed by atoms with van der Waals surface area (Å²) in [6.45, 7) is 0.776. The maximum Gasteiger partial charge on any atom is 0.358 e. The summed E-state index contributed by atoms with van der Waals surface area (Å²) >= 11 is 0. The Labute approximate surface area is 109 Å². The number of aromatic carboxylic acids is 1. The highest BCUT2D eigenvalue weighted by molar-refractivity contribution is 5.84. The molecule has 106 valence electrons. The van der Waals surface area contributed by atoms with Gasteiger partial charge in [0.15, 0.2) is 5.69 Å². The van der Waals surface area contributed by atoms with Crippen LogP contribution in [0.25, 0.3) is 0 Å². The lowest BCUT2D eigenvalue weighted by Gasteiger charge is -2.16. The van der Waals surface area contributed by atoms with Gasteiger partial charge in [0.2, 0.25) is 5.91 Å². The van der Waals surface area contributed by atoms with Gasteiger partial charge in [-0.1, -0.05) is 5.21 Å². The number of aliphatic hydroxyl groups excluding tert-OH is 1. The van der Waals surface area contributed by atoms with Crippen LogP contribution in [0, 0.1) is 0 Å². The zero-order chi connectivity index (χ0) is 14.3. The van der Waals surface area contributed by atoms with Crippen molar-refractivity contribution >= 4 is 11.9 Å². The molecule has 1 amide bonds. The van der Waals surface area contributed by atoms with Gasteiger partial charge in [0, 0.05) is 13.6 Å². The number of likely N-dealkylation sites (N-methyl/N-ethyl adjacent to an activating group) is 1. The number of aromatic nitrogens is 3.